The quantitative estimate of drug-likeness (QED) is 0.757. The summed E-state index contributed by atoms with van der Waals surface area (Å²) >= 11 is 0. The molecule has 2 aliphatic carbocycles. The molecular formula is C22H25F2N5O3. The van der Waals surface area contributed by atoms with Crippen molar-refractivity contribution in [3.63, 3.8) is 0 Å². The lowest BCUT2D eigenvalue weighted by Gasteiger charge is -2.40. The van der Waals surface area contributed by atoms with E-state index in [-0.39, 0.29) is 42.6 Å². The maximum atomic E-state index is 14.6. The first-order valence-corrected chi connectivity index (χ1v) is 11.1. The molecule has 10 heteroatoms. The zero-order valence-corrected chi connectivity index (χ0v) is 17.8. The van der Waals surface area contributed by atoms with Crippen molar-refractivity contribution >= 4 is 11.8 Å². The number of nitrogens with zero attached hydrogens (tertiary/aromatic N) is 4. The maximum Gasteiger partial charge on any atom is 0.257 e. The fraction of sp³-hybridized carbons (Fsp3) is 0.591. The largest absolute Gasteiger partial charge is 0.417 e. The molecule has 2 unspecified atom stereocenters. The fourth-order valence-corrected chi connectivity index (χ4v) is 4.75. The number of alkyl halides is 2. The molecule has 2 aromatic rings. The number of hydrogen-bond donors (Lipinski definition) is 1. The molecule has 2 aromatic heterocycles. The van der Waals surface area contributed by atoms with Gasteiger partial charge in [0.25, 0.3) is 17.7 Å². The normalized spacial score (nSPS) is 25.2. The highest BCUT2D eigenvalue weighted by Gasteiger charge is 2.47. The van der Waals surface area contributed by atoms with Gasteiger partial charge < -0.3 is 14.6 Å². The molecule has 2 amide bonds. The topological polar surface area (TPSA) is 101 Å². The molecule has 1 N–H and O–H groups in total. The molecule has 2 saturated carbocycles. The van der Waals surface area contributed by atoms with Crippen LogP contribution in [0.1, 0.15) is 80.0 Å². The molecule has 5 rings (SSSR count). The number of carbonyl (C=O) groups is 2. The lowest BCUT2D eigenvalue weighted by Crippen LogP contribution is -2.58. The van der Waals surface area contributed by atoms with E-state index < -0.39 is 17.7 Å². The summed E-state index contributed by atoms with van der Waals surface area (Å²) in [6, 6.07) is 1.13. The summed E-state index contributed by atoms with van der Waals surface area (Å²) in [7, 11) is 0. The molecule has 0 radical (unpaired) electrons. The molecular weight excluding hydrogens is 420 g/mol. The van der Waals surface area contributed by atoms with E-state index in [4.69, 9.17) is 4.42 Å². The van der Waals surface area contributed by atoms with Gasteiger partial charge in [-0.05, 0) is 45.1 Å². The predicted molar refractivity (Wildman–Crippen MR) is 109 cm³/mol. The summed E-state index contributed by atoms with van der Waals surface area (Å²) in [6.45, 7) is 1.62. The molecule has 1 aliphatic heterocycles. The van der Waals surface area contributed by atoms with Crippen LogP contribution in [0.2, 0.25) is 0 Å². The van der Waals surface area contributed by atoms with Gasteiger partial charge in [-0.15, -0.1) is 10.2 Å². The highest BCUT2D eigenvalue weighted by molar-refractivity contribution is 5.99. The molecule has 3 atom stereocenters. The maximum absolute atomic E-state index is 14.6. The van der Waals surface area contributed by atoms with Gasteiger partial charge in [-0.2, -0.15) is 0 Å². The van der Waals surface area contributed by atoms with Gasteiger partial charge in [0.05, 0.1) is 29.4 Å². The summed E-state index contributed by atoms with van der Waals surface area (Å²) < 4.78 is 33.3. The van der Waals surface area contributed by atoms with Gasteiger partial charge in [0.15, 0.2) is 11.8 Å². The van der Waals surface area contributed by atoms with Crippen molar-refractivity contribution < 1.29 is 22.8 Å². The zero-order valence-electron chi connectivity index (χ0n) is 17.8. The number of carbonyl (C=O) groups excluding carboxylic acids is 2. The lowest BCUT2D eigenvalue weighted by atomic mass is 9.80. The third-order valence-electron chi connectivity index (χ3n) is 6.81. The molecule has 3 heterocycles. The van der Waals surface area contributed by atoms with Gasteiger partial charge >= 0.3 is 0 Å². The van der Waals surface area contributed by atoms with Crippen LogP contribution < -0.4 is 5.32 Å². The Kier molecular flexibility index (Phi) is 5.17. The Labute approximate surface area is 183 Å². The van der Waals surface area contributed by atoms with E-state index in [1.54, 1.807) is 11.0 Å². The molecule has 0 aromatic carbocycles. The van der Waals surface area contributed by atoms with Gasteiger partial charge in [-0.1, -0.05) is 12.8 Å². The second-order valence-electron chi connectivity index (χ2n) is 8.96. The SMILES string of the molecule is CC(F)c1nnc(-c2cnc3c(c2)C(=O)N(C2CCCC[C@H]2NC(=O)C2(F)CCC2)C3)o1. The van der Waals surface area contributed by atoms with Crippen molar-refractivity contribution in [2.45, 2.75) is 82.3 Å². The van der Waals surface area contributed by atoms with Crippen molar-refractivity contribution in [2.24, 2.45) is 0 Å². The van der Waals surface area contributed by atoms with Crippen LogP contribution in [0.5, 0.6) is 0 Å². The molecule has 0 spiro atoms. The van der Waals surface area contributed by atoms with Crippen LogP contribution in [-0.4, -0.2) is 49.6 Å². The fourth-order valence-electron chi connectivity index (χ4n) is 4.75. The number of fused-ring (bicyclic) bond motifs is 1. The first kappa shape index (κ1) is 21.0. The van der Waals surface area contributed by atoms with Crippen LogP contribution in [0.4, 0.5) is 8.78 Å². The van der Waals surface area contributed by atoms with Gasteiger partial charge in [-0.25, -0.2) is 8.78 Å². The number of halogens is 2. The Balaban J connectivity index is 1.35. The Morgan fingerprint density at radius 1 is 1.28 bits per heavy atom. The third-order valence-corrected chi connectivity index (χ3v) is 6.81. The van der Waals surface area contributed by atoms with E-state index in [2.05, 4.69) is 20.5 Å². The first-order chi connectivity index (χ1) is 15.4. The number of amides is 2. The van der Waals surface area contributed by atoms with Crippen LogP contribution in [0.25, 0.3) is 11.5 Å². The van der Waals surface area contributed by atoms with E-state index in [1.165, 1.54) is 13.1 Å². The number of hydrogen-bond acceptors (Lipinski definition) is 6. The summed E-state index contributed by atoms with van der Waals surface area (Å²) in [4.78, 5) is 31.9. The lowest BCUT2D eigenvalue weighted by molar-refractivity contribution is -0.139. The van der Waals surface area contributed by atoms with Crippen molar-refractivity contribution in [1.82, 2.24) is 25.4 Å². The van der Waals surface area contributed by atoms with Gasteiger partial charge in [-0.3, -0.25) is 14.6 Å². The van der Waals surface area contributed by atoms with Gasteiger partial charge in [0.1, 0.15) is 0 Å². The standard InChI is InChI=1S/C22H25F2N5O3/c1-12(23)18-27-28-19(32-18)13-9-14-16(25-10-13)11-29(20(14)30)17-6-3-2-5-15(17)26-21(31)22(24)7-4-8-22/h9-10,12,15,17H,2-8,11H2,1H3,(H,26,31)/t12?,15-,17?/m1/s1. The molecule has 0 bridgehead atoms. The average Bonchev–Trinajstić information content (AvgIpc) is 3.38. The molecule has 0 saturated heterocycles. The smallest absolute Gasteiger partial charge is 0.257 e. The average molecular weight is 445 g/mol. The highest BCUT2D eigenvalue weighted by Crippen LogP contribution is 2.37. The van der Waals surface area contributed by atoms with Crippen molar-refractivity contribution in [3.8, 4) is 11.5 Å². The van der Waals surface area contributed by atoms with Crippen molar-refractivity contribution in [1.29, 1.82) is 0 Å². The molecule has 32 heavy (non-hydrogen) atoms. The van der Waals surface area contributed by atoms with Crippen molar-refractivity contribution in [2.75, 3.05) is 0 Å². The van der Waals surface area contributed by atoms with E-state index in [1.807, 2.05) is 0 Å². The molecule has 170 valence electrons. The van der Waals surface area contributed by atoms with E-state index >= 15 is 0 Å². The summed E-state index contributed by atoms with van der Waals surface area (Å²) in [6.07, 6.45) is 4.67. The van der Waals surface area contributed by atoms with Gasteiger partial charge in [0, 0.05) is 12.2 Å². The molecule has 2 fully saturated rings. The van der Waals surface area contributed by atoms with E-state index in [0.29, 0.717) is 29.8 Å². The van der Waals surface area contributed by atoms with E-state index in [9.17, 15) is 18.4 Å². The number of rotatable bonds is 5. The first-order valence-electron chi connectivity index (χ1n) is 11.1. The van der Waals surface area contributed by atoms with Crippen LogP contribution in [0.3, 0.4) is 0 Å². The predicted octanol–water partition coefficient (Wildman–Crippen LogP) is 3.44. The minimum absolute atomic E-state index is 0.0996. The van der Waals surface area contributed by atoms with Crippen LogP contribution in [0.15, 0.2) is 16.7 Å². The Morgan fingerprint density at radius 2 is 2.06 bits per heavy atom. The highest BCUT2D eigenvalue weighted by atomic mass is 19.1. The number of nitrogens with one attached hydrogen (secondary N) is 1. The summed E-state index contributed by atoms with van der Waals surface area (Å²) in [5.41, 5.74) is -0.284. The summed E-state index contributed by atoms with van der Waals surface area (Å²) in [5.74, 6) is -0.786. The second kappa shape index (κ2) is 7.90. The van der Waals surface area contributed by atoms with Crippen LogP contribution in [-0.2, 0) is 11.3 Å². The number of aromatic nitrogens is 3. The summed E-state index contributed by atoms with van der Waals surface area (Å²) in [5, 5.41) is 10.4. The van der Waals surface area contributed by atoms with Gasteiger partial charge in [0.2, 0.25) is 5.89 Å². The zero-order chi connectivity index (χ0) is 22.5. The Hall–Kier alpha value is -2.91. The van der Waals surface area contributed by atoms with Crippen LogP contribution in [0, 0.1) is 0 Å². The Morgan fingerprint density at radius 3 is 2.75 bits per heavy atom. The van der Waals surface area contributed by atoms with E-state index in [0.717, 1.165) is 25.7 Å². The number of pyridine rings is 1. The molecule has 8 nitrogen and oxygen atoms in total. The Bertz CT molecular complexity index is 1050. The minimum Gasteiger partial charge on any atom is -0.417 e. The van der Waals surface area contributed by atoms with Crippen molar-refractivity contribution in [3.05, 3.63) is 29.4 Å². The monoisotopic (exact) mass is 445 g/mol. The third kappa shape index (κ3) is 3.55. The molecule has 3 aliphatic rings. The second-order valence-corrected chi connectivity index (χ2v) is 8.96. The van der Waals surface area contributed by atoms with Crippen LogP contribution >= 0.6 is 0 Å². The minimum atomic E-state index is -1.77.